The fraction of sp³-hybridized carbons (Fsp3) is 0.500. The highest BCUT2D eigenvalue weighted by Crippen LogP contribution is 2.41. The zero-order valence-corrected chi connectivity index (χ0v) is 15.2. The fourth-order valence-corrected chi connectivity index (χ4v) is 4.97. The highest BCUT2D eigenvalue weighted by molar-refractivity contribution is 7.89. The zero-order chi connectivity index (χ0) is 17.8. The number of sulfonamides is 1. The van der Waals surface area contributed by atoms with E-state index in [1.54, 1.807) is 6.20 Å². The fourth-order valence-electron chi connectivity index (χ4n) is 3.30. The first-order valence-corrected chi connectivity index (χ1v) is 10.1. The van der Waals surface area contributed by atoms with E-state index in [0.29, 0.717) is 24.4 Å². The minimum absolute atomic E-state index is 0.255. The summed E-state index contributed by atoms with van der Waals surface area (Å²) in [4.78, 5) is 4.78. The van der Waals surface area contributed by atoms with Crippen molar-refractivity contribution in [1.82, 2.24) is 15.0 Å². The number of nitrogens with zero attached hydrogens (tertiary/aromatic N) is 1. The lowest BCUT2D eigenvalue weighted by Crippen LogP contribution is -2.35. The van der Waals surface area contributed by atoms with E-state index in [-0.39, 0.29) is 11.4 Å². The Morgan fingerprint density at radius 2 is 2.08 bits per heavy atom. The lowest BCUT2D eigenvalue weighted by molar-refractivity contribution is 0.221. The topological polar surface area (TPSA) is 71.1 Å². The summed E-state index contributed by atoms with van der Waals surface area (Å²) in [7, 11) is -3.83. The summed E-state index contributed by atoms with van der Waals surface area (Å²) in [6.07, 6.45) is 3.96. The molecule has 0 radical (unpaired) electrons. The Kier molecular flexibility index (Phi) is 3.86. The van der Waals surface area contributed by atoms with E-state index < -0.39 is 15.7 Å². The molecule has 134 valence electrons. The standard InChI is InChI=1S/C18H22FN3O2S/c1-18(2,19)10-22-25(23,24)17-14-6-16(11-3-4-11)21-8-13(14)5-12-7-20-9-15(12)17/h5-6,8,11,20,22H,3-4,7,9-10H2,1-2H3. The third kappa shape index (κ3) is 3.28. The van der Waals surface area contributed by atoms with E-state index in [4.69, 9.17) is 0 Å². The third-order valence-electron chi connectivity index (χ3n) is 4.76. The molecule has 0 atom stereocenters. The molecule has 1 fully saturated rings. The number of alkyl halides is 1. The summed E-state index contributed by atoms with van der Waals surface area (Å²) in [5.74, 6) is 0.434. The van der Waals surface area contributed by atoms with Gasteiger partial charge in [0.2, 0.25) is 10.0 Å². The van der Waals surface area contributed by atoms with Crippen LogP contribution in [-0.2, 0) is 23.1 Å². The van der Waals surface area contributed by atoms with Crippen LogP contribution in [0.15, 0.2) is 23.2 Å². The number of hydrogen-bond acceptors (Lipinski definition) is 4. The Hall–Kier alpha value is -1.57. The van der Waals surface area contributed by atoms with Crippen molar-refractivity contribution in [3.05, 3.63) is 35.2 Å². The van der Waals surface area contributed by atoms with Crippen molar-refractivity contribution in [1.29, 1.82) is 0 Å². The van der Waals surface area contributed by atoms with Crippen LogP contribution in [0.3, 0.4) is 0 Å². The van der Waals surface area contributed by atoms with Gasteiger partial charge in [0, 0.05) is 48.2 Å². The van der Waals surface area contributed by atoms with Crippen molar-refractivity contribution in [2.24, 2.45) is 0 Å². The lowest BCUT2D eigenvalue weighted by atomic mass is 10.0. The summed E-state index contributed by atoms with van der Waals surface area (Å²) >= 11 is 0. The van der Waals surface area contributed by atoms with Gasteiger partial charge in [0.25, 0.3) is 0 Å². The van der Waals surface area contributed by atoms with Crippen molar-refractivity contribution in [3.63, 3.8) is 0 Å². The molecule has 1 aromatic heterocycles. The van der Waals surface area contributed by atoms with Crippen LogP contribution >= 0.6 is 0 Å². The third-order valence-corrected chi connectivity index (χ3v) is 6.28. The second kappa shape index (κ2) is 5.72. The molecule has 0 spiro atoms. The van der Waals surface area contributed by atoms with Crippen LogP contribution in [-0.4, -0.2) is 25.6 Å². The maximum atomic E-state index is 13.9. The Morgan fingerprint density at radius 3 is 2.76 bits per heavy atom. The van der Waals surface area contributed by atoms with Crippen LogP contribution < -0.4 is 10.0 Å². The average Bonchev–Trinajstić information content (AvgIpc) is 3.28. The van der Waals surface area contributed by atoms with Crippen LogP contribution in [0.1, 0.15) is 49.4 Å². The molecular weight excluding hydrogens is 341 g/mol. The molecule has 2 heterocycles. The number of rotatable bonds is 5. The SMILES string of the molecule is CC(C)(F)CNS(=O)(=O)c1c2c(cc3cnc(C4CC4)cc13)CNC2. The highest BCUT2D eigenvalue weighted by Gasteiger charge is 2.30. The van der Waals surface area contributed by atoms with Crippen molar-refractivity contribution in [2.45, 2.75) is 56.3 Å². The summed E-state index contributed by atoms with van der Waals surface area (Å²) in [5.41, 5.74) is 1.08. The minimum atomic E-state index is -3.83. The van der Waals surface area contributed by atoms with Crippen LogP contribution in [0.5, 0.6) is 0 Å². The molecule has 0 bridgehead atoms. The zero-order valence-electron chi connectivity index (χ0n) is 14.4. The Balaban J connectivity index is 1.89. The molecule has 1 saturated carbocycles. The number of pyridine rings is 1. The van der Waals surface area contributed by atoms with Crippen molar-refractivity contribution >= 4 is 20.8 Å². The quantitative estimate of drug-likeness (QED) is 0.857. The Bertz CT molecular complexity index is 947. The van der Waals surface area contributed by atoms with Gasteiger partial charge in [0.05, 0.1) is 4.90 Å². The van der Waals surface area contributed by atoms with Gasteiger partial charge in [0.1, 0.15) is 5.67 Å². The van der Waals surface area contributed by atoms with Gasteiger partial charge in [-0.25, -0.2) is 17.5 Å². The van der Waals surface area contributed by atoms with E-state index in [1.165, 1.54) is 13.8 Å². The van der Waals surface area contributed by atoms with E-state index in [0.717, 1.165) is 35.0 Å². The Morgan fingerprint density at radius 1 is 1.32 bits per heavy atom. The molecular formula is C18H22FN3O2S. The predicted molar refractivity (Wildman–Crippen MR) is 94.6 cm³/mol. The molecule has 5 nitrogen and oxygen atoms in total. The molecule has 0 unspecified atom stereocenters. The molecule has 4 rings (SSSR count). The van der Waals surface area contributed by atoms with Crippen LogP contribution in [0, 0.1) is 0 Å². The molecule has 2 aromatic rings. The summed E-state index contributed by atoms with van der Waals surface area (Å²) in [6.45, 7) is 3.60. The number of fused-ring (bicyclic) bond motifs is 2. The van der Waals surface area contributed by atoms with E-state index in [2.05, 4.69) is 15.0 Å². The normalized spacial score (nSPS) is 17.9. The molecule has 1 aromatic carbocycles. The van der Waals surface area contributed by atoms with Gasteiger partial charge in [-0.2, -0.15) is 0 Å². The largest absolute Gasteiger partial charge is 0.309 e. The van der Waals surface area contributed by atoms with Crippen LogP contribution in [0.2, 0.25) is 0 Å². The monoisotopic (exact) mass is 363 g/mol. The molecule has 2 N–H and O–H groups in total. The van der Waals surface area contributed by atoms with Gasteiger partial charge in [-0.3, -0.25) is 4.98 Å². The van der Waals surface area contributed by atoms with Crippen molar-refractivity contribution in [2.75, 3.05) is 6.54 Å². The van der Waals surface area contributed by atoms with Gasteiger partial charge in [-0.1, -0.05) is 0 Å². The second-order valence-electron chi connectivity index (χ2n) is 7.59. The van der Waals surface area contributed by atoms with E-state index in [9.17, 15) is 12.8 Å². The first kappa shape index (κ1) is 16.9. The molecule has 7 heteroatoms. The number of nitrogens with one attached hydrogen (secondary N) is 2. The van der Waals surface area contributed by atoms with Crippen molar-refractivity contribution in [3.8, 4) is 0 Å². The molecule has 2 aliphatic rings. The first-order chi connectivity index (χ1) is 11.7. The molecule has 1 aliphatic carbocycles. The van der Waals surface area contributed by atoms with Gasteiger partial charge in [0.15, 0.2) is 0 Å². The maximum absolute atomic E-state index is 13.9. The van der Waals surface area contributed by atoms with Gasteiger partial charge < -0.3 is 5.32 Å². The molecule has 25 heavy (non-hydrogen) atoms. The number of benzene rings is 1. The van der Waals surface area contributed by atoms with Crippen molar-refractivity contribution < 1.29 is 12.8 Å². The van der Waals surface area contributed by atoms with E-state index in [1.807, 2.05) is 12.1 Å². The summed E-state index contributed by atoms with van der Waals surface area (Å²) in [5, 5.41) is 4.71. The van der Waals surface area contributed by atoms with Gasteiger partial charge in [-0.15, -0.1) is 0 Å². The summed E-state index contributed by atoms with van der Waals surface area (Å²) < 4.78 is 42.3. The minimum Gasteiger partial charge on any atom is -0.309 e. The molecule has 0 saturated heterocycles. The Labute approximate surface area is 147 Å². The molecule has 0 amide bonds. The average molecular weight is 363 g/mol. The second-order valence-corrected chi connectivity index (χ2v) is 9.30. The molecule has 1 aliphatic heterocycles. The number of hydrogen-bond donors (Lipinski definition) is 2. The predicted octanol–water partition coefficient (Wildman–Crippen LogP) is 2.74. The van der Waals surface area contributed by atoms with Crippen LogP contribution in [0.25, 0.3) is 10.8 Å². The van der Waals surface area contributed by atoms with Gasteiger partial charge in [-0.05, 0) is 49.9 Å². The lowest BCUT2D eigenvalue weighted by Gasteiger charge is -2.18. The maximum Gasteiger partial charge on any atom is 0.241 e. The first-order valence-electron chi connectivity index (χ1n) is 8.58. The van der Waals surface area contributed by atoms with Gasteiger partial charge >= 0.3 is 0 Å². The smallest absolute Gasteiger partial charge is 0.241 e. The summed E-state index contributed by atoms with van der Waals surface area (Å²) in [6, 6.07) is 3.91. The van der Waals surface area contributed by atoms with E-state index >= 15 is 0 Å². The number of halogens is 1. The van der Waals surface area contributed by atoms with Crippen LogP contribution in [0.4, 0.5) is 4.39 Å². The highest BCUT2D eigenvalue weighted by atomic mass is 32.2. The number of aromatic nitrogens is 1.